The zero-order chi connectivity index (χ0) is 18.0. The number of anilines is 2. The van der Waals surface area contributed by atoms with Gasteiger partial charge in [0.15, 0.2) is 10.8 Å². The van der Waals surface area contributed by atoms with Crippen molar-refractivity contribution in [1.29, 1.82) is 0 Å². The number of rotatable bonds is 4. The minimum atomic E-state index is -0.769. The molecule has 3 aromatic rings. The molecule has 4 nitrogen and oxygen atoms in total. The van der Waals surface area contributed by atoms with Gasteiger partial charge in [-0.25, -0.2) is 18.6 Å². The van der Waals surface area contributed by atoms with Crippen molar-refractivity contribution in [3.8, 4) is 10.4 Å². The van der Waals surface area contributed by atoms with E-state index in [9.17, 15) is 13.6 Å². The highest BCUT2D eigenvalue weighted by Gasteiger charge is 2.22. The normalized spacial score (nSPS) is 10.6. The molecule has 2 aromatic carbocycles. The predicted molar refractivity (Wildman–Crippen MR) is 93.5 cm³/mol. The Bertz CT molecular complexity index is 946. The van der Waals surface area contributed by atoms with Crippen LogP contribution in [0.15, 0.2) is 42.5 Å². The molecule has 0 saturated heterocycles. The van der Waals surface area contributed by atoms with Crippen LogP contribution in [0.1, 0.15) is 10.5 Å². The van der Waals surface area contributed by atoms with Gasteiger partial charge < -0.3 is 10.1 Å². The van der Waals surface area contributed by atoms with Crippen LogP contribution < -0.4 is 5.32 Å². The standard InChI is InChI=1S/C17H11ClF2N2O2S/c1-24-16(23)14-15(10-4-2-3-5-11(10)18)25-17(22-14)21-13-7-6-9(19)8-12(13)20/h2-8H,1H3,(H,21,22). The van der Waals surface area contributed by atoms with Crippen LogP contribution in [0.4, 0.5) is 19.6 Å². The van der Waals surface area contributed by atoms with Crippen molar-refractivity contribution in [2.24, 2.45) is 0 Å². The Morgan fingerprint density at radius 1 is 1.24 bits per heavy atom. The van der Waals surface area contributed by atoms with E-state index < -0.39 is 17.6 Å². The molecule has 0 unspecified atom stereocenters. The molecule has 8 heteroatoms. The van der Waals surface area contributed by atoms with Gasteiger partial charge in [-0.3, -0.25) is 0 Å². The lowest BCUT2D eigenvalue weighted by Gasteiger charge is -2.03. The van der Waals surface area contributed by atoms with Crippen molar-refractivity contribution in [2.45, 2.75) is 0 Å². The van der Waals surface area contributed by atoms with Crippen molar-refractivity contribution in [3.63, 3.8) is 0 Å². The molecule has 3 rings (SSSR count). The summed E-state index contributed by atoms with van der Waals surface area (Å²) in [5.74, 6) is -2.10. The van der Waals surface area contributed by atoms with E-state index in [4.69, 9.17) is 16.3 Å². The summed E-state index contributed by atoms with van der Waals surface area (Å²) in [7, 11) is 1.24. The summed E-state index contributed by atoms with van der Waals surface area (Å²) < 4.78 is 31.6. The van der Waals surface area contributed by atoms with Gasteiger partial charge in [-0.05, 0) is 18.2 Å². The highest BCUT2D eigenvalue weighted by Crippen LogP contribution is 2.38. The first-order chi connectivity index (χ1) is 12.0. The van der Waals surface area contributed by atoms with E-state index in [1.54, 1.807) is 24.3 Å². The monoisotopic (exact) mass is 380 g/mol. The first kappa shape index (κ1) is 17.3. The van der Waals surface area contributed by atoms with E-state index in [0.29, 0.717) is 15.5 Å². The molecule has 0 saturated carbocycles. The molecule has 0 amide bonds. The Kier molecular flexibility index (Phi) is 4.96. The summed E-state index contributed by atoms with van der Waals surface area (Å²) in [5, 5.41) is 3.43. The maximum Gasteiger partial charge on any atom is 0.358 e. The molecule has 1 heterocycles. The number of aromatic nitrogens is 1. The zero-order valence-corrected chi connectivity index (χ0v) is 14.4. The summed E-state index contributed by atoms with van der Waals surface area (Å²) in [6.07, 6.45) is 0. The molecular weight excluding hydrogens is 370 g/mol. The van der Waals surface area contributed by atoms with Crippen LogP contribution in [0.3, 0.4) is 0 Å². The minimum absolute atomic E-state index is 0.0391. The third-order valence-corrected chi connectivity index (χ3v) is 4.63. The molecule has 25 heavy (non-hydrogen) atoms. The van der Waals surface area contributed by atoms with E-state index in [1.807, 2.05) is 0 Å². The largest absolute Gasteiger partial charge is 0.464 e. The molecule has 1 aromatic heterocycles. The van der Waals surface area contributed by atoms with Crippen molar-refractivity contribution >= 4 is 39.7 Å². The fraction of sp³-hybridized carbons (Fsp3) is 0.0588. The lowest BCUT2D eigenvalue weighted by Crippen LogP contribution is -2.04. The number of nitrogens with one attached hydrogen (secondary N) is 1. The maximum atomic E-state index is 13.8. The Hall–Kier alpha value is -2.51. The van der Waals surface area contributed by atoms with Gasteiger partial charge in [-0.15, -0.1) is 0 Å². The molecule has 0 bridgehead atoms. The second-order valence-electron chi connectivity index (χ2n) is 4.92. The lowest BCUT2D eigenvalue weighted by atomic mass is 10.1. The van der Waals surface area contributed by atoms with E-state index in [0.717, 1.165) is 23.5 Å². The second-order valence-corrected chi connectivity index (χ2v) is 6.32. The van der Waals surface area contributed by atoms with E-state index >= 15 is 0 Å². The number of carbonyl (C=O) groups is 1. The molecule has 0 atom stereocenters. The number of ether oxygens (including phenoxy) is 1. The maximum absolute atomic E-state index is 13.8. The van der Waals surface area contributed by atoms with Gasteiger partial charge in [-0.1, -0.05) is 41.1 Å². The molecule has 0 aliphatic carbocycles. The zero-order valence-electron chi connectivity index (χ0n) is 12.8. The number of halogens is 3. The Morgan fingerprint density at radius 2 is 2.00 bits per heavy atom. The van der Waals surface area contributed by atoms with Crippen LogP contribution in [0.25, 0.3) is 10.4 Å². The molecule has 0 aliphatic heterocycles. The topological polar surface area (TPSA) is 51.2 Å². The van der Waals surface area contributed by atoms with Crippen LogP contribution in [-0.4, -0.2) is 18.1 Å². The van der Waals surface area contributed by atoms with Crippen LogP contribution in [0.2, 0.25) is 5.02 Å². The fourth-order valence-electron chi connectivity index (χ4n) is 2.14. The highest BCUT2D eigenvalue weighted by molar-refractivity contribution is 7.19. The number of thiazole rings is 1. The average Bonchev–Trinajstić information content (AvgIpc) is 3.01. The van der Waals surface area contributed by atoms with Gasteiger partial charge in [0.1, 0.15) is 11.6 Å². The van der Waals surface area contributed by atoms with Gasteiger partial charge in [-0.2, -0.15) is 0 Å². The number of esters is 1. The summed E-state index contributed by atoms with van der Waals surface area (Å²) in [4.78, 5) is 16.7. The summed E-state index contributed by atoms with van der Waals surface area (Å²) >= 11 is 7.31. The second kappa shape index (κ2) is 7.16. The Balaban J connectivity index is 2.05. The Morgan fingerprint density at radius 3 is 2.68 bits per heavy atom. The van der Waals surface area contributed by atoms with Gasteiger partial charge >= 0.3 is 5.97 Å². The van der Waals surface area contributed by atoms with Gasteiger partial charge in [0, 0.05) is 16.7 Å². The SMILES string of the molecule is COC(=O)c1nc(Nc2ccc(F)cc2F)sc1-c1ccccc1Cl. The molecule has 1 N–H and O–H groups in total. The quantitative estimate of drug-likeness (QED) is 0.626. The summed E-state index contributed by atoms with van der Waals surface area (Å²) in [6.45, 7) is 0. The minimum Gasteiger partial charge on any atom is -0.464 e. The highest BCUT2D eigenvalue weighted by atomic mass is 35.5. The van der Waals surface area contributed by atoms with Gasteiger partial charge in [0.25, 0.3) is 0 Å². The van der Waals surface area contributed by atoms with E-state index in [2.05, 4.69) is 10.3 Å². The molecule has 128 valence electrons. The number of hydrogen-bond acceptors (Lipinski definition) is 5. The fourth-order valence-corrected chi connectivity index (χ4v) is 3.43. The number of methoxy groups -OCH3 is 1. The molecule has 0 spiro atoms. The van der Waals surface area contributed by atoms with Crippen LogP contribution >= 0.6 is 22.9 Å². The van der Waals surface area contributed by atoms with Crippen molar-refractivity contribution in [3.05, 3.63) is 64.8 Å². The Labute approximate surface area is 151 Å². The molecule has 0 fully saturated rings. The van der Waals surface area contributed by atoms with Gasteiger partial charge in [0.05, 0.1) is 17.7 Å². The number of nitrogens with zero attached hydrogens (tertiary/aromatic N) is 1. The van der Waals surface area contributed by atoms with Crippen molar-refractivity contribution in [1.82, 2.24) is 4.98 Å². The number of carbonyl (C=O) groups excluding carboxylic acids is 1. The molecule has 0 aliphatic rings. The van der Waals surface area contributed by atoms with Crippen molar-refractivity contribution < 1.29 is 18.3 Å². The summed E-state index contributed by atoms with van der Waals surface area (Å²) in [5.41, 5.74) is 0.706. The predicted octanol–water partition coefficient (Wildman–Crippen LogP) is 5.27. The van der Waals surface area contributed by atoms with Crippen molar-refractivity contribution in [2.75, 3.05) is 12.4 Å². The smallest absolute Gasteiger partial charge is 0.358 e. The van der Waals surface area contributed by atoms with E-state index in [-0.39, 0.29) is 16.5 Å². The molecular formula is C17H11ClF2N2O2S. The summed E-state index contributed by atoms with van der Waals surface area (Å²) in [6, 6.07) is 10.1. The third kappa shape index (κ3) is 3.62. The third-order valence-electron chi connectivity index (χ3n) is 3.30. The first-order valence-electron chi connectivity index (χ1n) is 7.05. The molecule has 0 radical (unpaired) electrons. The first-order valence-corrected chi connectivity index (χ1v) is 8.25. The van der Waals surface area contributed by atoms with E-state index in [1.165, 1.54) is 13.2 Å². The van der Waals surface area contributed by atoms with Gasteiger partial charge in [0.2, 0.25) is 0 Å². The van der Waals surface area contributed by atoms with Crippen LogP contribution in [0, 0.1) is 11.6 Å². The van der Waals surface area contributed by atoms with Crippen LogP contribution in [0.5, 0.6) is 0 Å². The number of benzene rings is 2. The average molecular weight is 381 g/mol. The van der Waals surface area contributed by atoms with Crippen LogP contribution in [-0.2, 0) is 4.74 Å². The number of hydrogen-bond donors (Lipinski definition) is 1. The lowest BCUT2D eigenvalue weighted by molar-refractivity contribution is 0.0596.